The second-order valence-corrected chi connectivity index (χ2v) is 12.2. The summed E-state index contributed by atoms with van der Waals surface area (Å²) in [5.41, 5.74) is 0. The minimum atomic E-state index is 0.0474. The van der Waals surface area contributed by atoms with Crippen LogP contribution in [0.15, 0.2) is 0 Å². The summed E-state index contributed by atoms with van der Waals surface area (Å²) in [5.74, 6) is 2.89. The van der Waals surface area contributed by atoms with Crippen molar-refractivity contribution in [2.75, 3.05) is 26.2 Å². The summed E-state index contributed by atoms with van der Waals surface area (Å²) in [6, 6.07) is 0.0947. The molecule has 0 heterocycles. The Kier molecular flexibility index (Phi) is 14.5. The smallest absolute Gasteiger partial charge is 0.314 e. The van der Waals surface area contributed by atoms with Gasteiger partial charge in [0.1, 0.15) is 0 Å². The maximum atomic E-state index is 11.7. The van der Waals surface area contributed by atoms with Crippen molar-refractivity contribution < 1.29 is 9.59 Å². The number of amides is 4. The Labute approximate surface area is 221 Å². The average molecular weight is 505 g/mol. The molecular formula is C30H56N4O2. The van der Waals surface area contributed by atoms with Gasteiger partial charge < -0.3 is 21.3 Å². The van der Waals surface area contributed by atoms with Crippen LogP contribution in [-0.4, -0.2) is 38.2 Å². The molecular weight excluding hydrogens is 448 g/mol. The fourth-order valence-corrected chi connectivity index (χ4v) is 6.64. The molecule has 4 aliphatic carbocycles. The Morgan fingerprint density at radius 2 is 0.556 bits per heavy atom. The molecule has 208 valence electrons. The van der Waals surface area contributed by atoms with Gasteiger partial charge in [-0.1, -0.05) is 77.0 Å². The Bertz CT molecular complexity index is 490. The molecule has 4 saturated carbocycles. The third-order valence-corrected chi connectivity index (χ3v) is 9.10. The molecule has 0 unspecified atom stereocenters. The van der Waals surface area contributed by atoms with Crippen LogP contribution in [0.5, 0.6) is 0 Å². The molecule has 4 fully saturated rings. The summed E-state index contributed by atoms with van der Waals surface area (Å²) in [7, 11) is 0. The third kappa shape index (κ3) is 12.7. The van der Waals surface area contributed by atoms with Crippen LogP contribution in [-0.2, 0) is 0 Å². The number of rotatable bonds is 8. The maximum absolute atomic E-state index is 11.7. The van der Waals surface area contributed by atoms with Gasteiger partial charge in [0.15, 0.2) is 0 Å². The first-order chi connectivity index (χ1) is 17.7. The molecule has 4 rings (SSSR count). The maximum Gasteiger partial charge on any atom is 0.314 e. The zero-order chi connectivity index (χ0) is 25.3. The van der Waals surface area contributed by atoms with Crippen LogP contribution in [0, 0.1) is 23.7 Å². The lowest BCUT2D eigenvalue weighted by molar-refractivity contribution is 0.231. The van der Waals surface area contributed by atoms with E-state index in [1.807, 2.05) is 0 Å². The van der Waals surface area contributed by atoms with Crippen molar-refractivity contribution in [3.05, 3.63) is 0 Å². The van der Waals surface area contributed by atoms with Crippen LogP contribution in [0.4, 0.5) is 9.59 Å². The van der Waals surface area contributed by atoms with E-state index in [-0.39, 0.29) is 12.1 Å². The average Bonchev–Trinajstić information content (AvgIpc) is 2.95. The zero-order valence-electron chi connectivity index (χ0n) is 23.1. The lowest BCUT2D eigenvalue weighted by atomic mass is 9.89. The van der Waals surface area contributed by atoms with Crippen molar-refractivity contribution in [2.45, 2.75) is 128 Å². The van der Waals surface area contributed by atoms with Crippen molar-refractivity contribution in [1.29, 1.82) is 0 Å². The van der Waals surface area contributed by atoms with Gasteiger partial charge in [0.25, 0.3) is 0 Å². The van der Waals surface area contributed by atoms with E-state index in [9.17, 15) is 9.59 Å². The van der Waals surface area contributed by atoms with Gasteiger partial charge in [-0.2, -0.15) is 0 Å². The molecule has 4 amide bonds. The van der Waals surface area contributed by atoms with Crippen molar-refractivity contribution in [3.8, 4) is 0 Å². The zero-order valence-corrected chi connectivity index (χ0v) is 23.1. The number of hydrogen-bond donors (Lipinski definition) is 4. The molecule has 36 heavy (non-hydrogen) atoms. The van der Waals surface area contributed by atoms with E-state index in [1.165, 1.54) is 128 Å². The van der Waals surface area contributed by atoms with Crippen LogP contribution in [0.1, 0.15) is 128 Å². The summed E-state index contributed by atoms with van der Waals surface area (Å²) in [6.45, 7) is 3.49. The second-order valence-electron chi connectivity index (χ2n) is 12.2. The second kappa shape index (κ2) is 17.9. The standard InChI is InChI=1S/2C15H28N2O/c2*18-15(16-11-13-7-3-1-4-8-13)17-12-14-9-5-2-6-10-14/h2*13-14H,1-12H2,(H2,16,17,18). The highest BCUT2D eigenvalue weighted by molar-refractivity contribution is 5.74. The molecule has 0 aromatic rings. The van der Waals surface area contributed by atoms with Gasteiger partial charge in [-0.3, -0.25) is 0 Å². The molecule has 0 saturated heterocycles. The van der Waals surface area contributed by atoms with E-state index >= 15 is 0 Å². The Morgan fingerprint density at radius 1 is 0.361 bits per heavy atom. The van der Waals surface area contributed by atoms with Crippen molar-refractivity contribution >= 4 is 12.1 Å². The Morgan fingerprint density at radius 3 is 0.750 bits per heavy atom. The molecule has 0 aromatic heterocycles. The van der Waals surface area contributed by atoms with E-state index in [4.69, 9.17) is 0 Å². The molecule has 4 N–H and O–H groups in total. The van der Waals surface area contributed by atoms with Crippen LogP contribution in [0.25, 0.3) is 0 Å². The number of urea groups is 2. The predicted molar refractivity (Wildman–Crippen MR) is 149 cm³/mol. The SMILES string of the molecule is O=C(NCC1CCCCC1)NCC1CCCCC1.O=C(NCC1CCCCC1)NCC1CCCCC1. The van der Waals surface area contributed by atoms with E-state index in [1.54, 1.807) is 0 Å². The van der Waals surface area contributed by atoms with Gasteiger partial charge in [-0.05, 0) is 75.0 Å². The largest absolute Gasteiger partial charge is 0.338 e. The minimum Gasteiger partial charge on any atom is -0.338 e. The molecule has 0 radical (unpaired) electrons. The van der Waals surface area contributed by atoms with Gasteiger partial charge in [-0.25, -0.2) is 9.59 Å². The highest BCUT2D eigenvalue weighted by Crippen LogP contribution is 2.25. The number of nitrogens with one attached hydrogen (secondary N) is 4. The molecule has 4 aliphatic rings. The predicted octanol–water partition coefficient (Wildman–Crippen LogP) is 6.89. The number of carbonyl (C=O) groups excluding carboxylic acids is 2. The van der Waals surface area contributed by atoms with Gasteiger partial charge in [0.05, 0.1) is 0 Å². The van der Waals surface area contributed by atoms with E-state index in [0.29, 0.717) is 0 Å². The number of carbonyl (C=O) groups is 2. The molecule has 0 atom stereocenters. The fourth-order valence-electron chi connectivity index (χ4n) is 6.64. The monoisotopic (exact) mass is 504 g/mol. The van der Waals surface area contributed by atoms with Gasteiger partial charge >= 0.3 is 12.1 Å². The minimum absolute atomic E-state index is 0.0474. The van der Waals surface area contributed by atoms with E-state index in [0.717, 1.165) is 49.9 Å². The Balaban J connectivity index is 0.000000201. The summed E-state index contributed by atoms with van der Waals surface area (Å²) in [4.78, 5) is 23.4. The molecule has 6 nitrogen and oxygen atoms in total. The van der Waals surface area contributed by atoms with Crippen molar-refractivity contribution in [2.24, 2.45) is 23.7 Å². The van der Waals surface area contributed by atoms with Crippen molar-refractivity contribution in [1.82, 2.24) is 21.3 Å². The van der Waals surface area contributed by atoms with Crippen molar-refractivity contribution in [3.63, 3.8) is 0 Å². The van der Waals surface area contributed by atoms with E-state index < -0.39 is 0 Å². The first-order valence-corrected chi connectivity index (χ1v) is 15.7. The van der Waals surface area contributed by atoms with Gasteiger partial charge in [-0.15, -0.1) is 0 Å². The molecule has 0 aliphatic heterocycles. The lowest BCUT2D eigenvalue weighted by Crippen LogP contribution is -2.40. The van der Waals surface area contributed by atoms with Crippen LogP contribution in [0.2, 0.25) is 0 Å². The van der Waals surface area contributed by atoms with Crippen LogP contribution in [0.3, 0.4) is 0 Å². The quantitative estimate of drug-likeness (QED) is 0.290. The normalized spacial score (nSPS) is 22.7. The Hall–Kier alpha value is -1.46. The highest BCUT2D eigenvalue weighted by Gasteiger charge is 2.17. The van der Waals surface area contributed by atoms with Crippen LogP contribution >= 0.6 is 0 Å². The lowest BCUT2D eigenvalue weighted by Gasteiger charge is -2.23. The number of hydrogen-bond acceptors (Lipinski definition) is 2. The highest BCUT2D eigenvalue weighted by atomic mass is 16.2. The summed E-state index contributed by atoms with van der Waals surface area (Å²) >= 11 is 0. The molecule has 0 bridgehead atoms. The summed E-state index contributed by atoms with van der Waals surface area (Å²) in [5, 5.41) is 12.2. The molecule has 0 aromatic carbocycles. The molecule has 6 heteroatoms. The topological polar surface area (TPSA) is 82.3 Å². The first kappa shape index (κ1) is 29.1. The van der Waals surface area contributed by atoms with E-state index in [2.05, 4.69) is 21.3 Å². The van der Waals surface area contributed by atoms with Gasteiger partial charge in [0.2, 0.25) is 0 Å². The van der Waals surface area contributed by atoms with Gasteiger partial charge in [0, 0.05) is 26.2 Å². The fraction of sp³-hybridized carbons (Fsp3) is 0.933. The van der Waals surface area contributed by atoms with Crippen LogP contribution < -0.4 is 21.3 Å². The first-order valence-electron chi connectivity index (χ1n) is 15.7. The molecule has 0 spiro atoms. The third-order valence-electron chi connectivity index (χ3n) is 9.10. The summed E-state index contributed by atoms with van der Waals surface area (Å²) in [6.07, 6.45) is 26.6. The summed E-state index contributed by atoms with van der Waals surface area (Å²) < 4.78 is 0.